The Balaban J connectivity index is 1.70. The van der Waals surface area contributed by atoms with Crippen molar-refractivity contribution in [3.05, 3.63) is 42.0 Å². The lowest BCUT2D eigenvalue weighted by Crippen LogP contribution is -2.44. The highest BCUT2D eigenvalue weighted by atomic mass is 15.3. The van der Waals surface area contributed by atoms with Gasteiger partial charge in [-0.25, -0.2) is 0 Å². The molecule has 0 amide bonds. The lowest BCUT2D eigenvalue weighted by Gasteiger charge is -2.33. The second kappa shape index (κ2) is 6.62. The summed E-state index contributed by atoms with van der Waals surface area (Å²) in [6.45, 7) is 4.73. The van der Waals surface area contributed by atoms with Crippen LogP contribution < -0.4 is 16.0 Å². The van der Waals surface area contributed by atoms with E-state index in [1.165, 1.54) is 5.56 Å². The Hall–Kier alpha value is -2.34. The largest absolute Gasteiger partial charge is 0.368 e. The molecule has 6 heteroatoms. The summed E-state index contributed by atoms with van der Waals surface area (Å²) in [4.78, 5) is 13.2. The number of rotatable bonds is 4. The highest BCUT2D eigenvalue weighted by Gasteiger charge is 2.16. The molecule has 1 saturated heterocycles. The molecular formula is C16H22N6. The van der Waals surface area contributed by atoms with Crippen LogP contribution in [0.25, 0.3) is 0 Å². The van der Waals surface area contributed by atoms with E-state index in [2.05, 4.69) is 44.3 Å². The lowest BCUT2D eigenvalue weighted by atomic mass is 10.2. The molecule has 3 rings (SSSR count). The monoisotopic (exact) mass is 298 g/mol. The van der Waals surface area contributed by atoms with Gasteiger partial charge in [0.1, 0.15) is 11.6 Å². The maximum absolute atomic E-state index is 5.86. The molecule has 3 N–H and O–H groups in total. The molecule has 0 atom stereocenters. The zero-order valence-electron chi connectivity index (χ0n) is 12.9. The number of piperazine rings is 1. The molecule has 2 aromatic rings. The van der Waals surface area contributed by atoms with Gasteiger partial charge in [0.25, 0.3) is 0 Å². The second-order valence-electron chi connectivity index (χ2n) is 5.60. The van der Waals surface area contributed by atoms with Gasteiger partial charge in [-0.15, -0.1) is 0 Å². The maximum atomic E-state index is 5.86. The van der Waals surface area contributed by atoms with Gasteiger partial charge in [0.15, 0.2) is 0 Å². The molecule has 1 aromatic carbocycles. The number of nitrogens with two attached hydrogens (primary N) is 1. The van der Waals surface area contributed by atoms with E-state index in [1.54, 1.807) is 0 Å². The molecule has 0 bridgehead atoms. The zero-order valence-corrected chi connectivity index (χ0v) is 12.9. The Morgan fingerprint density at radius 3 is 2.55 bits per heavy atom. The Labute approximate surface area is 131 Å². The van der Waals surface area contributed by atoms with Crippen molar-refractivity contribution in [2.24, 2.45) is 0 Å². The van der Waals surface area contributed by atoms with Gasteiger partial charge in [0.2, 0.25) is 5.95 Å². The van der Waals surface area contributed by atoms with E-state index in [1.807, 2.05) is 24.3 Å². The summed E-state index contributed by atoms with van der Waals surface area (Å²) in [5.74, 6) is 1.98. The minimum Gasteiger partial charge on any atom is -0.368 e. The predicted octanol–water partition coefficient (Wildman–Crippen LogP) is 1.42. The summed E-state index contributed by atoms with van der Waals surface area (Å²) < 4.78 is 0. The van der Waals surface area contributed by atoms with Crippen LogP contribution in [0.2, 0.25) is 0 Å². The van der Waals surface area contributed by atoms with Gasteiger partial charge in [-0.1, -0.05) is 30.3 Å². The fourth-order valence-electron chi connectivity index (χ4n) is 2.53. The molecule has 6 nitrogen and oxygen atoms in total. The van der Waals surface area contributed by atoms with Crippen molar-refractivity contribution in [2.75, 3.05) is 49.2 Å². The summed E-state index contributed by atoms with van der Waals surface area (Å²) in [5, 5.41) is 3.32. The molecule has 1 aliphatic heterocycles. The average Bonchev–Trinajstić information content (AvgIpc) is 2.54. The molecule has 1 aromatic heterocycles. The molecule has 22 heavy (non-hydrogen) atoms. The van der Waals surface area contributed by atoms with Crippen molar-refractivity contribution in [2.45, 2.75) is 6.54 Å². The van der Waals surface area contributed by atoms with Gasteiger partial charge in [-0.2, -0.15) is 9.97 Å². The van der Waals surface area contributed by atoms with Crippen LogP contribution >= 0.6 is 0 Å². The lowest BCUT2D eigenvalue weighted by molar-refractivity contribution is 0.312. The van der Waals surface area contributed by atoms with Crippen LogP contribution in [-0.4, -0.2) is 48.1 Å². The molecule has 0 unspecified atom stereocenters. The molecule has 2 heterocycles. The number of nitrogen functional groups attached to an aromatic ring is 1. The third kappa shape index (κ3) is 3.65. The Morgan fingerprint density at radius 1 is 1.09 bits per heavy atom. The van der Waals surface area contributed by atoms with Gasteiger partial charge in [0, 0.05) is 38.8 Å². The first kappa shape index (κ1) is 14.6. The number of hydrogen-bond acceptors (Lipinski definition) is 6. The number of likely N-dealkylation sites (N-methyl/N-ethyl adjacent to an activating group) is 1. The third-order valence-electron chi connectivity index (χ3n) is 3.87. The van der Waals surface area contributed by atoms with Crippen LogP contribution in [0.1, 0.15) is 5.56 Å². The first-order chi connectivity index (χ1) is 10.7. The van der Waals surface area contributed by atoms with Gasteiger partial charge in [0.05, 0.1) is 0 Å². The highest BCUT2D eigenvalue weighted by molar-refractivity contribution is 5.53. The van der Waals surface area contributed by atoms with Crippen LogP contribution in [-0.2, 0) is 6.54 Å². The number of nitrogens with zero attached hydrogens (tertiary/aromatic N) is 4. The van der Waals surface area contributed by atoms with Crippen molar-refractivity contribution in [3.8, 4) is 0 Å². The predicted molar refractivity (Wildman–Crippen MR) is 89.9 cm³/mol. The first-order valence-electron chi connectivity index (χ1n) is 7.56. The van der Waals surface area contributed by atoms with E-state index in [0.29, 0.717) is 5.95 Å². The molecule has 1 aliphatic rings. The number of hydrogen-bond donors (Lipinski definition) is 2. The topological polar surface area (TPSA) is 70.3 Å². The van der Waals surface area contributed by atoms with E-state index in [-0.39, 0.29) is 0 Å². The summed E-state index contributed by atoms with van der Waals surface area (Å²) in [6, 6.07) is 12.2. The van der Waals surface area contributed by atoms with Crippen LogP contribution in [0.15, 0.2) is 36.4 Å². The van der Waals surface area contributed by atoms with E-state index in [4.69, 9.17) is 5.73 Å². The first-order valence-corrected chi connectivity index (χ1v) is 7.56. The SMILES string of the molecule is CN1CCN(c2cc(NCc3ccccc3)nc(N)n2)CC1. The standard InChI is InChI=1S/C16H22N6/c1-21-7-9-22(10-8-21)15-11-14(19-16(17)20-15)18-12-13-5-3-2-4-6-13/h2-6,11H,7-10,12H2,1H3,(H3,17,18,19,20). The van der Waals surface area contributed by atoms with Crippen LogP contribution in [0.5, 0.6) is 0 Å². The van der Waals surface area contributed by atoms with Crippen molar-refractivity contribution < 1.29 is 0 Å². The minimum atomic E-state index is 0.312. The van der Waals surface area contributed by atoms with Crippen molar-refractivity contribution in [1.82, 2.24) is 14.9 Å². The molecule has 0 radical (unpaired) electrons. The molecule has 116 valence electrons. The number of aromatic nitrogens is 2. The Bertz CT molecular complexity index is 607. The highest BCUT2D eigenvalue weighted by Crippen LogP contribution is 2.19. The molecule has 0 saturated carbocycles. The van der Waals surface area contributed by atoms with Gasteiger partial charge < -0.3 is 20.9 Å². The molecule has 0 spiro atoms. The van der Waals surface area contributed by atoms with Gasteiger partial charge in [-0.05, 0) is 12.6 Å². The van der Waals surface area contributed by atoms with Crippen LogP contribution in [0.3, 0.4) is 0 Å². The number of benzene rings is 1. The van der Waals surface area contributed by atoms with Crippen molar-refractivity contribution in [1.29, 1.82) is 0 Å². The van der Waals surface area contributed by atoms with Crippen LogP contribution in [0, 0.1) is 0 Å². The number of nitrogens with one attached hydrogen (secondary N) is 1. The molecular weight excluding hydrogens is 276 g/mol. The quantitative estimate of drug-likeness (QED) is 0.890. The third-order valence-corrected chi connectivity index (χ3v) is 3.87. The Kier molecular flexibility index (Phi) is 4.39. The minimum absolute atomic E-state index is 0.312. The van der Waals surface area contributed by atoms with E-state index < -0.39 is 0 Å². The van der Waals surface area contributed by atoms with Crippen LogP contribution in [0.4, 0.5) is 17.6 Å². The van der Waals surface area contributed by atoms with Crippen molar-refractivity contribution >= 4 is 17.6 Å². The van der Waals surface area contributed by atoms with Gasteiger partial charge >= 0.3 is 0 Å². The summed E-state index contributed by atoms with van der Waals surface area (Å²) >= 11 is 0. The fourth-order valence-corrected chi connectivity index (χ4v) is 2.53. The summed E-state index contributed by atoms with van der Waals surface area (Å²) in [5.41, 5.74) is 7.07. The molecule has 1 fully saturated rings. The summed E-state index contributed by atoms with van der Waals surface area (Å²) in [7, 11) is 2.14. The second-order valence-corrected chi connectivity index (χ2v) is 5.60. The molecule has 0 aliphatic carbocycles. The van der Waals surface area contributed by atoms with E-state index >= 15 is 0 Å². The summed E-state index contributed by atoms with van der Waals surface area (Å²) in [6.07, 6.45) is 0. The fraction of sp³-hybridized carbons (Fsp3) is 0.375. The van der Waals surface area contributed by atoms with Gasteiger partial charge in [-0.3, -0.25) is 0 Å². The Morgan fingerprint density at radius 2 is 1.82 bits per heavy atom. The number of anilines is 3. The zero-order chi connectivity index (χ0) is 15.4. The van der Waals surface area contributed by atoms with E-state index in [0.717, 1.165) is 44.4 Å². The van der Waals surface area contributed by atoms with Crippen molar-refractivity contribution in [3.63, 3.8) is 0 Å². The normalized spacial score (nSPS) is 15.8. The average molecular weight is 298 g/mol. The smallest absolute Gasteiger partial charge is 0.223 e. The van der Waals surface area contributed by atoms with E-state index in [9.17, 15) is 0 Å². The maximum Gasteiger partial charge on any atom is 0.223 e.